The highest BCUT2D eigenvalue weighted by Crippen LogP contribution is 2.34. The largest absolute Gasteiger partial charge is 0.453 e. The van der Waals surface area contributed by atoms with Gasteiger partial charge in [-0.1, -0.05) is 6.07 Å². The van der Waals surface area contributed by atoms with E-state index in [0.717, 1.165) is 0 Å². The summed E-state index contributed by atoms with van der Waals surface area (Å²) in [6, 6.07) is 12.3. The second kappa shape index (κ2) is 11.2. The van der Waals surface area contributed by atoms with Gasteiger partial charge < -0.3 is 10.1 Å². The third-order valence-corrected chi connectivity index (χ3v) is 7.68. The summed E-state index contributed by atoms with van der Waals surface area (Å²) >= 11 is 0. The number of hydrogen-bond donors (Lipinski definition) is 2. The van der Waals surface area contributed by atoms with Crippen LogP contribution < -0.4 is 14.8 Å². The lowest BCUT2D eigenvalue weighted by molar-refractivity contribution is -0.115. The maximum absolute atomic E-state index is 15.3. The minimum atomic E-state index is -3.88. The molecule has 3 aromatic heterocycles. The standard InChI is InChI=1S/C30H29FN6O4S/c1-19-12-20(14-28(38)35-22-16-34-37(18-22)30(2,3)4)13-25(31)29(19)41-27-9-11-33-26-8-7-21(15-24(26)27)36-42(39,40)23-6-5-10-32-17-23/h5-13,15-18,36H,14H2,1-4H3,(H,35,38). The lowest BCUT2D eigenvalue weighted by Gasteiger charge is -2.18. The number of benzene rings is 2. The Labute approximate surface area is 242 Å². The molecule has 0 unspecified atom stereocenters. The Balaban J connectivity index is 1.35. The minimum Gasteiger partial charge on any atom is -0.453 e. The second-order valence-electron chi connectivity index (χ2n) is 10.7. The Morgan fingerprint density at radius 3 is 2.55 bits per heavy atom. The Morgan fingerprint density at radius 1 is 1.05 bits per heavy atom. The molecule has 0 aliphatic carbocycles. The van der Waals surface area contributed by atoms with Crippen LogP contribution in [0.2, 0.25) is 0 Å². The Kier molecular flexibility index (Phi) is 7.65. The van der Waals surface area contributed by atoms with Crippen LogP contribution in [0.15, 0.2) is 84.4 Å². The molecular weight excluding hydrogens is 559 g/mol. The number of nitrogens with zero attached hydrogens (tertiary/aromatic N) is 4. The van der Waals surface area contributed by atoms with Gasteiger partial charge in [0.1, 0.15) is 10.6 Å². The quantitative estimate of drug-likeness (QED) is 0.234. The molecule has 2 N–H and O–H groups in total. The van der Waals surface area contributed by atoms with Crippen molar-refractivity contribution in [2.45, 2.75) is 44.6 Å². The molecule has 3 heterocycles. The smallest absolute Gasteiger partial charge is 0.263 e. The fourth-order valence-corrected chi connectivity index (χ4v) is 5.29. The van der Waals surface area contributed by atoms with Crippen LogP contribution in [0.3, 0.4) is 0 Å². The summed E-state index contributed by atoms with van der Waals surface area (Å²) in [5, 5.41) is 7.54. The van der Waals surface area contributed by atoms with Crippen LogP contribution in [0.4, 0.5) is 15.8 Å². The zero-order valence-corrected chi connectivity index (χ0v) is 24.2. The molecule has 0 saturated heterocycles. The highest BCUT2D eigenvalue weighted by molar-refractivity contribution is 7.92. The molecule has 0 bridgehead atoms. The van der Waals surface area contributed by atoms with Crippen molar-refractivity contribution in [2.24, 2.45) is 0 Å². The average molecular weight is 589 g/mol. The fourth-order valence-electron chi connectivity index (χ4n) is 4.28. The predicted octanol–water partition coefficient (Wildman–Crippen LogP) is 5.80. The minimum absolute atomic E-state index is 0.0132. The molecule has 5 rings (SSSR count). The molecular formula is C30H29FN6O4S. The molecule has 0 spiro atoms. The molecule has 0 fully saturated rings. The van der Waals surface area contributed by atoms with Crippen LogP contribution in [0.1, 0.15) is 31.9 Å². The van der Waals surface area contributed by atoms with Crippen LogP contribution >= 0.6 is 0 Å². The van der Waals surface area contributed by atoms with Gasteiger partial charge in [0.25, 0.3) is 10.0 Å². The molecule has 2 aromatic carbocycles. The maximum atomic E-state index is 15.3. The first kappa shape index (κ1) is 28.7. The van der Waals surface area contributed by atoms with Gasteiger partial charge in [-0.05, 0) is 81.3 Å². The summed E-state index contributed by atoms with van der Waals surface area (Å²) in [6.07, 6.45) is 7.52. The highest BCUT2D eigenvalue weighted by Gasteiger charge is 2.18. The molecule has 0 radical (unpaired) electrons. The summed E-state index contributed by atoms with van der Waals surface area (Å²) in [7, 11) is -3.88. The first-order chi connectivity index (χ1) is 19.9. The summed E-state index contributed by atoms with van der Waals surface area (Å²) in [6.45, 7) is 7.68. The zero-order chi connectivity index (χ0) is 30.1. The number of fused-ring (bicyclic) bond motifs is 1. The first-order valence-electron chi connectivity index (χ1n) is 13.0. The van der Waals surface area contributed by atoms with E-state index < -0.39 is 15.8 Å². The van der Waals surface area contributed by atoms with Crippen molar-refractivity contribution < 1.29 is 22.3 Å². The second-order valence-corrected chi connectivity index (χ2v) is 12.4. The Morgan fingerprint density at radius 2 is 1.86 bits per heavy atom. The van der Waals surface area contributed by atoms with Crippen LogP contribution in [0.5, 0.6) is 11.5 Å². The van der Waals surface area contributed by atoms with Gasteiger partial charge in [0, 0.05) is 35.9 Å². The van der Waals surface area contributed by atoms with Gasteiger partial charge in [0.2, 0.25) is 5.91 Å². The van der Waals surface area contributed by atoms with E-state index in [9.17, 15) is 13.2 Å². The zero-order valence-electron chi connectivity index (χ0n) is 23.4. The molecule has 1 amide bonds. The van der Waals surface area contributed by atoms with Crippen molar-refractivity contribution in [3.05, 3.63) is 96.5 Å². The SMILES string of the molecule is Cc1cc(CC(=O)Nc2cnn(C(C)(C)C)c2)cc(F)c1Oc1ccnc2ccc(NS(=O)(=O)c3cccnc3)cc12. The number of carbonyl (C=O) groups is 1. The van der Waals surface area contributed by atoms with Gasteiger partial charge in [-0.25, -0.2) is 12.8 Å². The maximum Gasteiger partial charge on any atom is 0.263 e. The number of carbonyl (C=O) groups excluding carboxylic acids is 1. The van der Waals surface area contributed by atoms with Crippen LogP contribution in [0.25, 0.3) is 10.9 Å². The normalized spacial score (nSPS) is 11.8. The highest BCUT2D eigenvalue weighted by atomic mass is 32.2. The van der Waals surface area contributed by atoms with E-state index >= 15 is 4.39 Å². The molecule has 12 heteroatoms. The molecule has 10 nitrogen and oxygen atoms in total. The Hall–Kier alpha value is -4.84. The molecule has 42 heavy (non-hydrogen) atoms. The van der Waals surface area contributed by atoms with Gasteiger partial charge in [-0.2, -0.15) is 5.10 Å². The number of anilines is 2. The van der Waals surface area contributed by atoms with Crippen LogP contribution in [0, 0.1) is 12.7 Å². The van der Waals surface area contributed by atoms with Crippen molar-refractivity contribution in [1.29, 1.82) is 0 Å². The van der Waals surface area contributed by atoms with E-state index in [0.29, 0.717) is 27.7 Å². The van der Waals surface area contributed by atoms with Crippen LogP contribution in [-0.2, 0) is 26.8 Å². The summed E-state index contributed by atoms with van der Waals surface area (Å²) < 4.78 is 51.1. The molecule has 5 aromatic rings. The van der Waals surface area contributed by atoms with Gasteiger partial charge in [0.05, 0.1) is 29.4 Å². The van der Waals surface area contributed by atoms with Crippen molar-refractivity contribution in [2.75, 3.05) is 10.0 Å². The predicted molar refractivity (Wildman–Crippen MR) is 158 cm³/mol. The summed E-state index contributed by atoms with van der Waals surface area (Å²) in [5.41, 5.74) is 2.09. The third-order valence-electron chi connectivity index (χ3n) is 6.32. The van der Waals surface area contributed by atoms with Gasteiger partial charge in [-0.3, -0.25) is 24.2 Å². The average Bonchev–Trinajstić information content (AvgIpc) is 3.40. The third kappa shape index (κ3) is 6.39. The lowest BCUT2D eigenvalue weighted by Crippen LogP contribution is -2.22. The summed E-state index contributed by atoms with van der Waals surface area (Å²) in [4.78, 5) is 20.8. The van der Waals surface area contributed by atoms with E-state index in [1.54, 1.807) is 54.3 Å². The molecule has 0 aliphatic heterocycles. The van der Waals surface area contributed by atoms with E-state index in [2.05, 4.69) is 25.1 Å². The van der Waals surface area contributed by atoms with Crippen molar-refractivity contribution in [1.82, 2.24) is 19.7 Å². The molecule has 0 aliphatic rings. The van der Waals surface area contributed by atoms with Gasteiger partial charge >= 0.3 is 0 Å². The molecule has 216 valence electrons. The first-order valence-corrected chi connectivity index (χ1v) is 14.5. The van der Waals surface area contributed by atoms with Crippen LogP contribution in [-0.4, -0.2) is 34.1 Å². The number of aromatic nitrogens is 4. The number of ether oxygens (including phenoxy) is 1. The number of amides is 1. The number of halogens is 1. The molecule has 0 saturated carbocycles. The monoisotopic (exact) mass is 588 g/mol. The van der Waals surface area contributed by atoms with E-state index in [1.807, 2.05) is 20.8 Å². The number of nitrogens with one attached hydrogen (secondary N) is 2. The number of sulfonamides is 1. The van der Waals surface area contributed by atoms with Crippen molar-refractivity contribution in [3.63, 3.8) is 0 Å². The number of rotatable bonds is 8. The lowest BCUT2D eigenvalue weighted by atomic mass is 10.1. The van der Waals surface area contributed by atoms with E-state index in [-0.39, 0.29) is 39.9 Å². The summed E-state index contributed by atoms with van der Waals surface area (Å²) in [5.74, 6) is -0.681. The van der Waals surface area contributed by atoms with Gasteiger partial charge in [0.15, 0.2) is 11.6 Å². The number of hydrogen-bond acceptors (Lipinski definition) is 7. The van der Waals surface area contributed by atoms with Gasteiger partial charge in [-0.15, -0.1) is 0 Å². The van der Waals surface area contributed by atoms with Crippen molar-refractivity contribution >= 4 is 38.2 Å². The number of pyridine rings is 2. The van der Waals surface area contributed by atoms with Crippen molar-refractivity contribution in [3.8, 4) is 11.5 Å². The van der Waals surface area contributed by atoms with E-state index in [4.69, 9.17) is 4.74 Å². The topological polar surface area (TPSA) is 128 Å². The fraction of sp³-hybridized carbons (Fsp3) is 0.200. The van der Waals surface area contributed by atoms with E-state index in [1.165, 1.54) is 36.8 Å². The molecule has 0 atom stereocenters. The Bertz CT molecular complexity index is 1860. The number of aryl methyl sites for hydroxylation is 1.